The van der Waals surface area contributed by atoms with Gasteiger partial charge in [-0.15, -0.1) is 0 Å². The number of hydrogen-bond acceptors (Lipinski definition) is 3. The van der Waals surface area contributed by atoms with Crippen LogP contribution in [-0.2, 0) is 0 Å². The SMILES string of the molecule is NC(=S)N/N=C\c1ccc(-c2cccc(F)c2)o1. The Morgan fingerprint density at radius 1 is 1.39 bits per heavy atom. The zero-order chi connectivity index (χ0) is 13.0. The maximum atomic E-state index is 13.0. The molecule has 2 rings (SSSR count). The fraction of sp³-hybridized carbons (Fsp3) is 0. The molecule has 1 aromatic heterocycles. The molecule has 0 amide bonds. The molecule has 0 spiro atoms. The van der Waals surface area contributed by atoms with E-state index in [0.29, 0.717) is 17.1 Å². The van der Waals surface area contributed by atoms with Crippen LogP contribution >= 0.6 is 12.2 Å². The highest BCUT2D eigenvalue weighted by Gasteiger charge is 2.04. The van der Waals surface area contributed by atoms with E-state index in [1.54, 1.807) is 24.3 Å². The summed E-state index contributed by atoms with van der Waals surface area (Å²) < 4.78 is 18.5. The van der Waals surface area contributed by atoms with E-state index in [9.17, 15) is 4.39 Å². The van der Waals surface area contributed by atoms with Crippen LogP contribution in [0, 0.1) is 5.82 Å². The molecule has 4 nitrogen and oxygen atoms in total. The van der Waals surface area contributed by atoms with Crippen LogP contribution in [0.15, 0.2) is 45.9 Å². The Hall–Kier alpha value is -2.21. The molecule has 3 N–H and O–H groups in total. The number of nitrogens with zero attached hydrogens (tertiary/aromatic N) is 1. The molecule has 0 saturated heterocycles. The lowest BCUT2D eigenvalue weighted by atomic mass is 10.2. The summed E-state index contributed by atoms with van der Waals surface area (Å²) in [6, 6.07) is 9.60. The Bertz CT molecular complexity index is 595. The van der Waals surface area contributed by atoms with Crippen molar-refractivity contribution < 1.29 is 8.81 Å². The van der Waals surface area contributed by atoms with Gasteiger partial charge in [-0.25, -0.2) is 4.39 Å². The van der Waals surface area contributed by atoms with Crippen LogP contribution < -0.4 is 11.2 Å². The second kappa shape index (κ2) is 5.42. The summed E-state index contributed by atoms with van der Waals surface area (Å²) in [5, 5.41) is 3.83. The lowest BCUT2D eigenvalue weighted by Crippen LogP contribution is -2.23. The monoisotopic (exact) mass is 263 g/mol. The molecule has 0 aliphatic carbocycles. The van der Waals surface area contributed by atoms with Gasteiger partial charge in [-0.1, -0.05) is 12.1 Å². The fourth-order valence-electron chi connectivity index (χ4n) is 1.38. The number of hydrogen-bond donors (Lipinski definition) is 2. The molecule has 0 bridgehead atoms. The second-order valence-corrected chi connectivity index (χ2v) is 3.89. The number of rotatable bonds is 3. The zero-order valence-corrected chi connectivity index (χ0v) is 10.1. The largest absolute Gasteiger partial charge is 0.455 e. The minimum absolute atomic E-state index is 0.0724. The average Bonchev–Trinajstić information content (AvgIpc) is 2.77. The molecule has 0 unspecified atom stereocenters. The Labute approximate surface area is 108 Å². The highest BCUT2D eigenvalue weighted by Crippen LogP contribution is 2.21. The van der Waals surface area contributed by atoms with E-state index in [-0.39, 0.29) is 10.9 Å². The number of thiocarbonyl (C=S) groups is 1. The predicted octanol–water partition coefficient (Wildman–Crippen LogP) is 2.25. The number of halogens is 1. The average molecular weight is 263 g/mol. The third kappa shape index (κ3) is 3.14. The van der Waals surface area contributed by atoms with E-state index < -0.39 is 0 Å². The Morgan fingerprint density at radius 2 is 2.22 bits per heavy atom. The number of nitrogens with two attached hydrogens (primary N) is 1. The quantitative estimate of drug-likeness (QED) is 0.506. The third-order valence-corrected chi connectivity index (χ3v) is 2.19. The minimum Gasteiger partial charge on any atom is -0.455 e. The maximum Gasteiger partial charge on any atom is 0.184 e. The highest BCUT2D eigenvalue weighted by molar-refractivity contribution is 7.80. The van der Waals surface area contributed by atoms with Crippen molar-refractivity contribution in [1.29, 1.82) is 0 Å². The van der Waals surface area contributed by atoms with Gasteiger partial charge in [0.15, 0.2) is 5.11 Å². The van der Waals surface area contributed by atoms with Crippen LogP contribution in [0.4, 0.5) is 4.39 Å². The van der Waals surface area contributed by atoms with Crippen LogP contribution in [0.25, 0.3) is 11.3 Å². The first kappa shape index (κ1) is 12.3. The van der Waals surface area contributed by atoms with E-state index in [2.05, 4.69) is 22.7 Å². The summed E-state index contributed by atoms with van der Waals surface area (Å²) in [5.74, 6) is 0.763. The molecule has 0 aliphatic heterocycles. The van der Waals surface area contributed by atoms with Gasteiger partial charge < -0.3 is 10.2 Å². The molecular formula is C12H10FN3OS. The van der Waals surface area contributed by atoms with Crippen molar-refractivity contribution in [3.63, 3.8) is 0 Å². The number of furan rings is 1. The van der Waals surface area contributed by atoms with E-state index in [4.69, 9.17) is 10.2 Å². The standard InChI is InChI=1S/C12H10FN3OS/c13-9-3-1-2-8(6-9)11-5-4-10(17-11)7-15-16-12(14)18/h1-7H,(H3,14,16,18)/b15-7-. The van der Waals surface area contributed by atoms with Gasteiger partial charge in [0.25, 0.3) is 0 Å². The number of nitrogens with one attached hydrogen (secondary N) is 1. The van der Waals surface area contributed by atoms with Crippen LogP contribution in [0.2, 0.25) is 0 Å². The van der Waals surface area contributed by atoms with Crippen molar-refractivity contribution >= 4 is 23.5 Å². The van der Waals surface area contributed by atoms with Gasteiger partial charge >= 0.3 is 0 Å². The number of hydrazone groups is 1. The predicted molar refractivity (Wildman–Crippen MR) is 71.6 cm³/mol. The normalized spacial score (nSPS) is 10.7. The minimum atomic E-state index is -0.311. The van der Waals surface area contributed by atoms with Crippen molar-refractivity contribution in [2.45, 2.75) is 0 Å². The first-order valence-corrected chi connectivity index (χ1v) is 5.50. The molecule has 1 aromatic carbocycles. The first-order chi connectivity index (χ1) is 8.65. The van der Waals surface area contributed by atoms with Crippen LogP contribution in [-0.4, -0.2) is 11.3 Å². The molecular weight excluding hydrogens is 253 g/mol. The highest BCUT2D eigenvalue weighted by atomic mass is 32.1. The van der Waals surface area contributed by atoms with Crippen molar-refractivity contribution in [3.05, 3.63) is 48.0 Å². The summed E-state index contributed by atoms with van der Waals surface area (Å²) in [7, 11) is 0. The molecule has 0 atom stereocenters. The lowest BCUT2D eigenvalue weighted by Gasteiger charge is -1.96. The van der Waals surface area contributed by atoms with E-state index in [0.717, 1.165) is 0 Å². The zero-order valence-electron chi connectivity index (χ0n) is 9.26. The van der Waals surface area contributed by atoms with Crippen molar-refractivity contribution in [2.75, 3.05) is 0 Å². The smallest absolute Gasteiger partial charge is 0.184 e. The summed E-state index contributed by atoms with van der Waals surface area (Å²) >= 11 is 4.59. The Morgan fingerprint density at radius 3 is 2.94 bits per heavy atom. The van der Waals surface area contributed by atoms with Gasteiger partial charge in [-0.3, -0.25) is 5.43 Å². The summed E-state index contributed by atoms with van der Waals surface area (Å²) in [4.78, 5) is 0. The molecule has 92 valence electrons. The Balaban J connectivity index is 2.15. The van der Waals surface area contributed by atoms with Gasteiger partial charge in [-0.2, -0.15) is 5.10 Å². The molecule has 18 heavy (non-hydrogen) atoms. The molecule has 6 heteroatoms. The summed E-state index contributed by atoms with van der Waals surface area (Å²) in [6.07, 6.45) is 1.43. The van der Waals surface area contributed by atoms with Crippen molar-refractivity contribution in [1.82, 2.24) is 5.43 Å². The molecule has 1 heterocycles. The maximum absolute atomic E-state index is 13.0. The second-order valence-electron chi connectivity index (χ2n) is 3.45. The lowest BCUT2D eigenvalue weighted by molar-refractivity contribution is 0.572. The van der Waals surface area contributed by atoms with Crippen molar-refractivity contribution in [2.24, 2.45) is 10.8 Å². The van der Waals surface area contributed by atoms with Gasteiger partial charge in [0.05, 0.1) is 6.21 Å². The summed E-state index contributed by atoms with van der Waals surface area (Å²) in [6.45, 7) is 0. The molecule has 0 radical (unpaired) electrons. The van der Waals surface area contributed by atoms with Gasteiger partial charge in [0, 0.05) is 5.56 Å². The first-order valence-electron chi connectivity index (χ1n) is 5.09. The van der Waals surface area contributed by atoms with Gasteiger partial charge in [0.1, 0.15) is 17.3 Å². The fourth-order valence-corrected chi connectivity index (χ4v) is 1.43. The van der Waals surface area contributed by atoms with Gasteiger partial charge in [0.2, 0.25) is 0 Å². The van der Waals surface area contributed by atoms with Crippen LogP contribution in [0.5, 0.6) is 0 Å². The van der Waals surface area contributed by atoms with E-state index in [1.165, 1.54) is 18.3 Å². The van der Waals surface area contributed by atoms with E-state index in [1.807, 2.05) is 0 Å². The van der Waals surface area contributed by atoms with Gasteiger partial charge in [-0.05, 0) is 36.5 Å². The molecule has 0 aliphatic rings. The van der Waals surface area contributed by atoms with Crippen LogP contribution in [0.3, 0.4) is 0 Å². The molecule has 0 fully saturated rings. The van der Waals surface area contributed by atoms with Crippen LogP contribution in [0.1, 0.15) is 5.76 Å². The third-order valence-electron chi connectivity index (χ3n) is 2.10. The molecule has 2 aromatic rings. The van der Waals surface area contributed by atoms with Crippen molar-refractivity contribution in [3.8, 4) is 11.3 Å². The summed E-state index contributed by atoms with van der Waals surface area (Å²) in [5.41, 5.74) is 8.28. The topological polar surface area (TPSA) is 63.5 Å². The molecule has 0 saturated carbocycles. The van der Waals surface area contributed by atoms with E-state index >= 15 is 0 Å². The Kier molecular flexibility index (Phi) is 3.69. The number of benzene rings is 1.